The van der Waals surface area contributed by atoms with Crippen molar-refractivity contribution in [2.45, 2.75) is 38.1 Å². The van der Waals surface area contributed by atoms with Crippen LogP contribution < -0.4 is 11.1 Å². The van der Waals surface area contributed by atoms with Gasteiger partial charge in [0.25, 0.3) is 5.91 Å². The minimum absolute atomic E-state index is 0.0565. The second-order valence-corrected chi connectivity index (χ2v) is 10.2. The van der Waals surface area contributed by atoms with Gasteiger partial charge in [-0.25, -0.2) is 4.98 Å². The predicted octanol–water partition coefficient (Wildman–Crippen LogP) is 4.58. The molecule has 4 rings (SSSR count). The third kappa shape index (κ3) is 5.90. The van der Waals surface area contributed by atoms with Crippen LogP contribution in [-0.2, 0) is 28.9 Å². The lowest BCUT2D eigenvalue weighted by Gasteiger charge is -2.17. The number of aryl methyl sites for hydroxylation is 3. The molecule has 11 heteroatoms. The van der Waals surface area contributed by atoms with Crippen LogP contribution in [0, 0.1) is 3.57 Å². The van der Waals surface area contributed by atoms with Crippen LogP contribution in [0.25, 0.3) is 0 Å². The second-order valence-electron chi connectivity index (χ2n) is 8.28. The first-order valence-corrected chi connectivity index (χ1v) is 12.9. The number of fused-ring (bicyclic) bond motifs is 1. The van der Waals surface area contributed by atoms with E-state index >= 15 is 0 Å². The Morgan fingerprint density at radius 3 is 2.71 bits per heavy atom. The lowest BCUT2D eigenvalue weighted by molar-refractivity contribution is -0.140. The van der Waals surface area contributed by atoms with Crippen molar-refractivity contribution in [3.8, 4) is 0 Å². The molecule has 0 radical (unpaired) electrons. The Balaban J connectivity index is 1.65. The maximum absolute atomic E-state index is 12.3. The number of methoxy groups -OCH3 is 1. The van der Waals surface area contributed by atoms with Gasteiger partial charge in [0, 0.05) is 37.3 Å². The van der Waals surface area contributed by atoms with Gasteiger partial charge in [-0.2, -0.15) is 5.10 Å². The fourth-order valence-electron chi connectivity index (χ4n) is 4.13. The number of nitrogens with one attached hydrogen (secondary N) is 1. The van der Waals surface area contributed by atoms with Gasteiger partial charge in [-0.3, -0.25) is 14.3 Å². The van der Waals surface area contributed by atoms with E-state index in [9.17, 15) is 9.59 Å². The molecular formula is C24H24Cl2IN5O3. The number of halogens is 3. The molecule has 8 nitrogen and oxygen atoms in total. The molecule has 0 bridgehead atoms. The standard InChI is InChI=1S/C24H24Cl2IN5O3/c1-35-20(33)11-16(14-9-18(25)21(27)19(26)10-14)22-17(23(28)34)12-32(31-22)8-6-15-5-4-13-3-2-7-29-24(13)30-15/h4-5,9-10,12,16H,2-3,6-8,11H2,1H3,(H2,28,34)(H,29,30). The summed E-state index contributed by atoms with van der Waals surface area (Å²) in [5.74, 6) is -0.793. The van der Waals surface area contributed by atoms with Gasteiger partial charge in [0.1, 0.15) is 5.82 Å². The van der Waals surface area contributed by atoms with Crippen molar-refractivity contribution >= 4 is 63.5 Å². The molecule has 1 aliphatic rings. The first kappa shape index (κ1) is 25.7. The van der Waals surface area contributed by atoms with Crippen LogP contribution >= 0.6 is 45.8 Å². The smallest absolute Gasteiger partial charge is 0.306 e. The Kier molecular flexibility index (Phi) is 8.18. The van der Waals surface area contributed by atoms with Crippen molar-refractivity contribution in [1.29, 1.82) is 0 Å². The van der Waals surface area contributed by atoms with Gasteiger partial charge < -0.3 is 15.8 Å². The number of benzene rings is 1. The molecule has 0 fully saturated rings. The second kappa shape index (κ2) is 11.1. The number of esters is 1. The molecule has 0 spiro atoms. The highest BCUT2D eigenvalue weighted by molar-refractivity contribution is 14.1. The quantitative estimate of drug-likeness (QED) is 0.215. The van der Waals surface area contributed by atoms with E-state index in [0.29, 0.717) is 37.8 Å². The fourth-order valence-corrected chi connectivity index (χ4v) is 4.95. The summed E-state index contributed by atoms with van der Waals surface area (Å²) in [5, 5.41) is 8.87. The highest BCUT2D eigenvalue weighted by Gasteiger charge is 2.28. The largest absolute Gasteiger partial charge is 0.469 e. The molecule has 1 unspecified atom stereocenters. The number of nitrogens with zero attached hydrogens (tertiary/aromatic N) is 3. The monoisotopic (exact) mass is 627 g/mol. The average molecular weight is 628 g/mol. The number of hydrogen-bond acceptors (Lipinski definition) is 6. The van der Waals surface area contributed by atoms with E-state index in [0.717, 1.165) is 30.9 Å². The van der Waals surface area contributed by atoms with Gasteiger partial charge in [0.15, 0.2) is 0 Å². The summed E-state index contributed by atoms with van der Waals surface area (Å²) in [6, 6.07) is 7.55. The third-order valence-electron chi connectivity index (χ3n) is 5.94. The Labute approximate surface area is 226 Å². The molecular weight excluding hydrogens is 604 g/mol. The molecule has 0 aliphatic carbocycles. The molecule has 3 heterocycles. The molecule has 3 aromatic rings. The van der Waals surface area contributed by atoms with E-state index < -0.39 is 17.8 Å². The molecule has 35 heavy (non-hydrogen) atoms. The van der Waals surface area contributed by atoms with Gasteiger partial charge in [-0.05, 0) is 64.8 Å². The minimum Gasteiger partial charge on any atom is -0.469 e. The molecule has 1 aromatic carbocycles. The molecule has 1 atom stereocenters. The fraction of sp³-hybridized carbons (Fsp3) is 0.333. The van der Waals surface area contributed by atoms with Crippen molar-refractivity contribution < 1.29 is 14.3 Å². The van der Waals surface area contributed by atoms with Gasteiger partial charge >= 0.3 is 5.97 Å². The summed E-state index contributed by atoms with van der Waals surface area (Å²) in [6.07, 6.45) is 4.28. The van der Waals surface area contributed by atoms with Gasteiger partial charge in [0.05, 0.1) is 38.4 Å². The van der Waals surface area contributed by atoms with Gasteiger partial charge in [0.2, 0.25) is 0 Å². The number of carbonyl (C=O) groups is 2. The maximum Gasteiger partial charge on any atom is 0.306 e. The zero-order chi connectivity index (χ0) is 25.1. The lowest BCUT2D eigenvalue weighted by Crippen LogP contribution is -2.17. The molecule has 3 N–H and O–H groups in total. The van der Waals surface area contributed by atoms with E-state index in [1.54, 1.807) is 23.0 Å². The first-order valence-electron chi connectivity index (χ1n) is 11.1. The van der Waals surface area contributed by atoms with Crippen LogP contribution in [-0.4, -0.2) is 40.3 Å². The van der Waals surface area contributed by atoms with E-state index in [1.807, 2.05) is 28.7 Å². The van der Waals surface area contributed by atoms with Crippen LogP contribution in [0.4, 0.5) is 5.82 Å². The first-order chi connectivity index (χ1) is 16.8. The number of carbonyl (C=O) groups excluding carboxylic acids is 2. The normalized spacial score (nSPS) is 13.6. The average Bonchev–Trinajstić information content (AvgIpc) is 3.28. The van der Waals surface area contributed by atoms with Gasteiger partial charge in [-0.15, -0.1) is 0 Å². The van der Waals surface area contributed by atoms with E-state index in [-0.39, 0.29) is 12.0 Å². The third-order valence-corrected chi connectivity index (χ3v) is 8.34. The minimum atomic E-state index is -0.639. The number of ether oxygens (including phenoxy) is 1. The highest BCUT2D eigenvalue weighted by Crippen LogP contribution is 2.36. The van der Waals surface area contributed by atoms with Crippen molar-refractivity contribution in [3.05, 3.63) is 72.2 Å². The number of hydrogen-bond donors (Lipinski definition) is 2. The SMILES string of the molecule is COC(=O)CC(c1cc(Cl)c(I)c(Cl)c1)c1nn(CCc2ccc3c(n2)NCCC3)cc1C(N)=O. The Morgan fingerprint density at radius 2 is 2.03 bits per heavy atom. The zero-order valence-electron chi connectivity index (χ0n) is 19.0. The van der Waals surface area contributed by atoms with Crippen LogP contribution in [0.3, 0.4) is 0 Å². The van der Waals surface area contributed by atoms with Crippen molar-refractivity contribution in [3.63, 3.8) is 0 Å². The van der Waals surface area contributed by atoms with Crippen molar-refractivity contribution in [2.75, 3.05) is 19.0 Å². The number of aromatic nitrogens is 3. The van der Waals surface area contributed by atoms with Crippen LogP contribution in [0.2, 0.25) is 10.0 Å². The number of rotatable bonds is 8. The van der Waals surface area contributed by atoms with Crippen LogP contribution in [0.5, 0.6) is 0 Å². The summed E-state index contributed by atoms with van der Waals surface area (Å²) in [7, 11) is 1.31. The number of anilines is 1. The zero-order valence-corrected chi connectivity index (χ0v) is 22.7. The number of primary amides is 1. The molecule has 1 amide bonds. The highest BCUT2D eigenvalue weighted by atomic mass is 127. The summed E-state index contributed by atoms with van der Waals surface area (Å²) in [6.45, 7) is 1.40. The predicted molar refractivity (Wildman–Crippen MR) is 143 cm³/mol. The topological polar surface area (TPSA) is 112 Å². The Bertz CT molecular complexity index is 1260. The van der Waals surface area contributed by atoms with Gasteiger partial charge in [-0.1, -0.05) is 29.3 Å². The Hall–Kier alpha value is -2.37. The van der Waals surface area contributed by atoms with Crippen LogP contribution in [0.15, 0.2) is 30.5 Å². The molecule has 2 aromatic heterocycles. The maximum atomic E-state index is 12.3. The van der Waals surface area contributed by atoms with Crippen molar-refractivity contribution in [2.24, 2.45) is 5.73 Å². The number of amides is 1. The molecule has 1 aliphatic heterocycles. The summed E-state index contributed by atoms with van der Waals surface area (Å²) in [4.78, 5) is 29.3. The molecule has 0 saturated heterocycles. The number of nitrogens with two attached hydrogens (primary N) is 1. The van der Waals surface area contributed by atoms with E-state index in [1.165, 1.54) is 12.7 Å². The summed E-state index contributed by atoms with van der Waals surface area (Å²) < 4.78 is 7.25. The molecule has 184 valence electrons. The Morgan fingerprint density at radius 1 is 1.29 bits per heavy atom. The lowest BCUT2D eigenvalue weighted by atomic mass is 9.90. The number of pyridine rings is 1. The van der Waals surface area contributed by atoms with Crippen LogP contribution in [0.1, 0.15) is 51.6 Å². The van der Waals surface area contributed by atoms with E-state index in [2.05, 4.69) is 16.5 Å². The summed E-state index contributed by atoms with van der Waals surface area (Å²) >= 11 is 14.8. The van der Waals surface area contributed by atoms with E-state index in [4.69, 9.17) is 38.7 Å². The van der Waals surface area contributed by atoms with Crippen molar-refractivity contribution in [1.82, 2.24) is 14.8 Å². The molecule has 0 saturated carbocycles. The summed E-state index contributed by atoms with van der Waals surface area (Å²) in [5.41, 5.74) is 9.07.